The van der Waals surface area contributed by atoms with Crippen molar-refractivity contribution < 1.29 is 17.9 Å². The SMILES string of the molecule is CCOc1ccc(S(=O)(=O)N(C)C)cc1NC(=O)[C@H](C)N.Cl. The second-order valence-electron chi connectivity index (χ2n) is 4.66. The maximum atomic E-state index is 12.1. The number of carbonyl (C=O) groups excluding carboxylic acids is 1. The summed E-state index contributed by atoms with van der Waals surface area (Å²) in [7, 11) is -0.719. The van der Waals surface area contributed by atoms with Gasteiger partial charge in [0.15, 0.2) is 0 Å². The molecule has 0 bridgehead atoms. The zero-order chi connectivity index (χ0) is 16.2. The maximum Gasteiger partial charge on any atom is 0.242 e. The van der Waals surface area contributed by atoms with Crippen molar-refractivity contribution in [1.82, 2.24) is 4.31 Å². The second kappa shape index (κ2) is 8.33. The third-order valence-electron chi connectivity index (χ3n) is 2.70. The van der Waals surface area contributed by atoms with Crippen LogP contribution in [0.15, 0.2) is 23.1 Å². The number of halogens is 1. The molecule has 0 fully saturated rings. The Balaban J connectivity index is 0.00000441. The van der Waals surface area contributed by atoms with Gasteiger partial charge in [0.25, 0.3) is 0 Å². The van der Waals surface area contributed by atoms with E-state index in [2.05, 4.69) is 5.32 Å². The largest absolute Gasteiger partial charge is 0.492 e. The number of ether oxygens (including phenoxy) is 1. The molecule has 1 aromatic rings. The van der Waals surface area contributed by atoms with Gasteiger partial charge < -0.3 is 15.8 Å². The molecule has 0 spiro atoms. The minimum Gasteiger partial charge on any atom is -0.492 e. The first-order chi connectivity index (χ1) is 9.70. The molecule has 0 heterocycles. The molecule has 0 unspecified atom stereocenters. The summed E-state index contributed by atoms with van der Waals surface area (Å²) in [4.78, 5) is 11.8. The number of benzene rings is 1. The fraction of sp³-hybridized carbons (Fsp3) is 0.462. The first kappa shape index (κ1) is 20.6. The van der Waals surface area contributed by atoms with Crippen LogP contribution in [0.2, 0.25) is 0 Å². The number of rotatable bonds is 6. The number of sulfonamides is 1. The van der Waals surface area contributed by atoms with Crippen molar-refractivity contribution in [2.75, 3.05) is 26.0 Å². The number of anilines is 1. The number of nitrogens with one attached hydrogen (secondary N) is 1. The van der Waals surface area contributed by atoms with Crippen LogP contribution in [0.1, 0.15) is 13.8 Å². The Hall–Kier alpha value is -1.35. The smallest absolute Gasteiger partial charge is 0.242 e. The number of carbonyl (C=O) groups is 1. The quantitative estimate of drug-likeness (QED) is 0.797. The third kappa shape index (κ3) is 4.84. The minimum absolute atomic E-state index is 0. The Bertz CT molecular complexity index is 618. The zero-order valence-electron chi connectivity index (χ0n) is 13.0. The molecular formula is C13H22ClN3O4S. The normalized spacial score (nSPS) is 12.5. The van der Waals surface area contributed by atoms with Crippen molar-refractivity contribution in [3.63, 3.8) is 0 Å². The van der Waals surface area contributed by atoms with E-state index < -0.39 is 22.0 Å². The molecule has 9 heteroatoms. The van der Waals surface area contributed by atoms with Gasteiger partial charge in [-0.25, -0.2) is 12.7 Å². The average Bonchev–Trinajstić information content (AvgIpc) is 2.40. The fourth-order valence-electron chi connectivity index (χ4n) is 1.51. The molecule has 1 rings (SSSR count). The topological polar surface area (TPSA) is 102 Å². The summed E-state index contributed by atoms with van der Waals surface area (Å²) in [5.41, 5.74) is 5.78. The molecule has 0 aliphatic heterocycles. The van der Waals surface area contributed by atoms with Gasteiger partial charge in [-0.15, -0.1) is 12.4 Å². The third-order valence-corrected chi connectivity index (χ3v) is 4.51. The van der Waals surface area contributed by atoms with E-state index in [0.29, 0.717) is 12.4 Å². The molecule has 0 aromatic heterocycles. The molecule has 22 heavy (non-hydrogen) atoms. The molecular weight excluding hydrogens is 330 g/mol. The summed E-state index contributed by atoms with van der Waals surface area (Å²) in [6.45, 7) is 3.72. The predicted octanol–water partition coefficient (Wildman–Crippen LogP) is 1.04. The average molecular weight is 352 g/mol. The summed E-state index contributed by atoms with van der Waals surface area (Å²) in [6, 6.07) is 3.59. The van der Waals surface area contributed by atoms with Gasteiger partial charge in [-0.05, 0) is 32.0 Å². The van der Waals surface area contributed by atoms with E-state index >= 15 is 0 Å². The van der Waals surface area contributed by atoms with Gasteiger partial charge in [0.05, 0.1) is 23.2 Å². The van der Waals surface area contributed by atoms with Crippen LogP contribution < -0.4 is 15.8 Å². The van der Waals surface area contributed by atoms with Crippen molar-refractivity contribution in [2.45, 2.75) is 24.8 Å². The van der Waals surface area contributed by atoms with E-state index in [0.717, 1.165) is 4.31 Å². The molecule has 0 aliphatic carbocycles. The molecule has 1 atom stereocenters. The van der Waals surface area contributed by atoms with Crippen LogP contribution in [0.4, 0.5) is 5.69 Å². The molecule has 126 valence electrons. The highest BCUT2D eigenvalue weighted by Gasteiger charge is 2.20. The fourth-order valence-corrected chi connectivity index (χ4v) is 2.43. The Morgan fingerprint density at radius 1 is 1.41 bits per heavy atom. The van der Waals surface area contributed by atoms with E-state index in [-0.39, 0.29) is 23.0 Å². The van der Waals surface area contributed by atoms with Crippen LogP contribution in [0.5, 0.6) is 5.75 Å². The lowest BCUT2D eigenvalue weighted by Gasteiger charge is -2.16. The van der Waals surface area contributed by atoms with Gasteiger partial charge in [-0.2, -0.15) is 0 Å². The summed E-state index contributed by atoms with van der Waals surface area (Å²) in [5, 5.41) is 2.57. The summed E-state index contributed by atoms with van der Waals surface area (Å²) >= 11 is 0. The molecule has 1 aromatic carbocycles. The van der Waals surface area contributed by atoms with E-state index in [9.17, 15) is 13.2 Å². The molecule has 0 saturated heterocycles. The van der Waals surface area contributed by atoms with Gasteiger partial charge >= 0.3 is 0 Å². The Morgan fingerprint density at radius 2 is 2.00 bits per heavy atom. The van der Waals surface area contributed by atoms with Crippen LogP contribution in [-0.4, -0.2) is 45.4 Å². The molecule has 7 nitrogen and oxygen atoms in total. The van der Waals surface area contributed by atoms with Crippen LogP contribution in [-0.2, 0) is 14.8 Å². The number of hydrogen-bond donors (Lipinski definition) is 2. The second-order valence-corrected chi connectivity index (χ2v) is 6.81. The van der Waals surface area contributed by atoms with Gasteiger partial charge in [0.2, 0.25) is 15.9 Å². The van der Waals surface area contributed by atoms with Crippen molar-refractivity contribution in [3.8, 4) is 5.75 Å². The number of nitrogens with zero attached hydrogens (tertiary/aromatic N) is 1. The van der Waals surface area contributed by atoms with Gasteiger partial charge in [-0.3, -0.25) is 4.79 Å². The van der Waals surface area contributed by atoms with Crippen molar-refractivity contribution in [3.05, 3.63) is 18.2 Å². The highest BCUT2D eigenvalue weighted by molar-refractivity contribution is 7.89. The van der Waals surface area contributed by atoms with Crippen LogP contribution in [0.25, 0.3) is 0 Å². The lowest BCUT2D eigenvalue weighted by atomic mass is 10.2. The highest BCUT2D eigenvalue weighted by atomic mass is 35.5. The first-order valence-electron chi connectivity index (χ1n) is 6.46. The molecule has 0 aliphatic rings. The predicted molar refractivity (Wildman–Crippen MR) is 88.0 cm³/mol. The van der Waals surface area contributed by atoms with Crippen LogP contribution >= 0.6 is 12.4 Å². The summed E-state index contributed by atoms with van der Waals surface area (Å²) < 4.78 is 30.7. The van der Waals surface area contributed by atoms with Gasteiger partial charge in [0.1, 0.15) is 5.75 Å². The van der Waals surface area contributed by atoms with Crippen LogP contribution in [0, 0.1) is 0 Å². The monoisotopic (exact) mass is 351 g/mol. The summed E-state index contributed by atoms with van der Waals surface area (Å²) in [6.07, 6.45) is 0. The van der Waals surface area contributed by atoms with Crippen molar-refractivity contribution in [2.24, 2.45) is 5.73 Å². The number of nitrogens with two attached hydrogens (primary N) is 1. The molecule has 3 N–H and O–H groups in total. The zero-order valence-corrected chi connectivity index (χ0v) is 14.6. The maximum absolute atomic E-state index is 12.1. The Kier molecular flexibility index (Phi) is 7.82. The van der Waals surface area contributed by atoms with Gasteiger partial charge in [-0.1, -0.05) is 0 Å². The summed E-state index contributed by atoms with van der Waals surface area (Å²) in [5.74, 6) is -0.0282. The first-order valence-corrected chi connectivity index (χ1v) is 7.90. The van der Waals surface area contributed by atoms with E-state index in [1.54, 1.807) is 6.92 Å². The lowest BCUT2D eigenvalue weighted by Crippen LogP contribution is -2.32. The molecule has 1 amide bonds. The standard InChI is InChI=1S/C13H21N3O4S.ClH/c1-5-20-12-7-6-10(21(18,19)16(3)4)8-11(12)15-13(17)9(2)14;/h6-9H,5,14H2,1-4H3,(H,15,17);1H/t9-;/m0./s1. The Morgan fingerprint density at radius 3 is 2.45 bits per heavy atom. The van der Waals surface area contributed by atoms with Crippen molar-refractivity contribution in [1.29, 1.82) is 0 Å². The Labute approximate surface area is 137 Å². The minimum atomic E-state index is -3.59. The van der Waals surface area contributed by atoms with Crippen LogP contribution in [0.3, 0.4) is 0 Å². The lowest BCUT2D eigenvalue weighted by molar-refractivity contribution is -0.117. The van der Waals surface area contributed by atoms with E-state index in [1.165, 1.54) is 39.2 Å². The van der Waals surface area contributed by atoms with E-state index in [1.807, 2.05) is 0 Å². The van der Waals surface area contributed by atoms with Crippen molar-refractivity contribution >= 4 is 34.0 Å². The molecule has 0 radical (unpaired) electrons. The number of amides is 1. The van der Waals surface area contributed by atoms with Gasteiger partial charge in [0, 0.05) is 14.1 Å². The highest BCUT2D eigenvalue weighted by Crippen LogP contribution is 2.28. The molecule has 0 saturated carbocycles. The number of hydrogen-bond acceptors (Lipinski definition) is 5. The van der Waals surface area contributed by atoms with E-state index in [4.69, 9.17) is 10.5 Å².